The van der Waals surface area contributed by atoms with Gasteiger partial charge in [-0.05, 0) is 36.6 Å². The third kappa shape index (κ3) is 6.13. The van der Waals surface area contributed by atoms with Crippen LogP contribution in [-0.4, -0.2) is 18.8 Å². The van der Waals surface area contributed by atoms with Crippen LogP contribution in [-0.2, 0) is 0 Å². The Balaban J connectivity index is 2.19. The zero-order chi connectivity index (χ0) is 12.5. The quantitative estimate of drug-likeness (QED) is 0.546. The van der Waals surface area contributed by atoms with E-state index >= 15 is 0 Å². The van der Waals surface area contributed by atoms with Gasteiger partial charge >= 0.3 is 0 Å². The lowest BCUT2D eigenvalue weighted by Crippen LogP contribution is -2.18. The van der Waals surface area contributed by atoms with Gasteiger partial charge in [-0.15, -0.1) is 11.8 Å². The van der Waals surface area contributed by atoms with Crippen molar-refractivity contribution in [2.45, 2.75) is 44.4 Å². The van der Waals surface area contributed by atoms with Crippen LogP contribution in [0.3, 0.4) is 0 Å². The lowest BCUT2D eigenvalue weighted by molar-refractivity contribution is 0.666. The van der Waals surface area contributed by atoms with Crippen LogP contribution < -0.4 is 5.32 Å². The fourth-order valence-electron chi connectivity index (χ4n) is 1.62. The summed E-state index contributed by atoms with van der Waals surface area (Å²) in [6.45, 7) is 8.96. The smallest absolute Gasteiger partial charge is 0.0106 e. The molecule has 1 N–H and O–H groups in total. The molecule has 0 aliphatic carbocycles. The van der Waals surface area contributed by atoms with Crippen molar-refractivity contribution in [3.63, 3.8) is 0 Å². The maximum Gasteiger partial charge on any atom is 0.0106 e. The lowest BCUT2D eigenvalue weighted by Gasteiger charge is -2.07. The Kier molecular flexibility index (Phi) is 7.38. The van der Waals surface area contributed by atoms with Crippen molar-refractivity contribution < 1.29 is 0 Å². The van der Waals surface area contributed by atoms with Crippen LogP contribution in [0.2, 0.25) is 0 Å². The molecule has 0 aromatic heterocycles. The highest BCUT2D eigenvalue weighted by Gasteiger charge is 1.99. The summed E-state index contributed by atoms with van der Waals surface area (Å²) in [5.74, 6) is 1.79. The molecule has 1 aromatic rings. The Morgan fingerprint density at radius 1 is 1.12 bits per heavy atom. The van der Waals surface area contributed by atoms with E-state index in [0.29, 0.717) is 5.92 Å². The van der Waals surface area contributed by atoms with E-state index in [0.717, 1.165) is 18.8 Å². The predicted octanol–water partition coefficient (Wildman–Crippen LogP) is 4.29. The van der Waals surface area contributed by atoms with Crippen molar-refractivity contribution in [3.05, 3.63) is 29.8 Å². The third-order valence-corrected chi connectivity index (χ3v) is 3.82. The summed E-state index contributed by atoms with van der Waals surface area (Å²) in [6.07, 6.45) is 2.56. The number of unbranched alkanes of at least 4 members (excludes halogenated alkanes) is 1. The highest BCUT2D eigenvalue weighted by molar-refractivity contribution is 7.99. The summed E-state index contributed by atoms with van der Waals surface area (Å²) in [6, 6.07) is 8.98. The van der Waals surface area contributed by atoms with E-state index in [4.69, 9.17) is 0 Å². The zero-order valence-corrected chi connectivity index (χ0v) is 12.1. The second kappa shape index (κ2) is 8.60. The van der Waals surface area contributed by atoms with E-state index in [1.165, 1.54) is 23.3 Å². The molecule has 0 heterocycles. The molecule has 0 saturated heterocycles. The Labute approximate surface area is 110 Å². The van der Waals surface area contributed by atoms with Gasteiger partial charge in [0.15, 0.2) is 0 Å². The van der Waals surface area contributed by atoms with Crippen molar-refractivity contribution in [2.24, 2.45) is 0 Å². The molecule has 17 heavy (non-hydrogen) atoms. The maximum absolute atomic E-state index is 3.47. The Hall–Kier alpha value is -0.470. The summed E-state index contributed by atoms with van der Waals surface area (Å²) in [4.78, 5) is 1.38. The summed E-state index contributed by atoms with van der Waals surface area (Å²) in [7, 11) is 0. The number of benzene rings is 1. The van der Waals surface area contributed by atoms with Crippen LogP contribution in [0.1, 0.15) is 45.1 Å². The second-order valence-electron chi connectivity index (χ2n) is 4.68. The summed E-state index contributed by atoms with van der Waals surface area (Å²) >= 11 is 1.94. The lowest BCUT2D eigenvalue weighted by atomic mass is 10.0. The van der Waals surface area contributed by atoms with Gasteiger partial charge in [-0.2, -0.15) is 0 Å². The number of thioether (sulfide) groups is 1. The summed E-state index contributed by atoms with van der Waals surface area (Å²) in [5.41, 5.74) is 1.43. The monoisotopic (exact) mass is 251 g/mol. The normalized spacial score (nSPS) is 11.1. The van der Waals surface area contributed by atoms with Crippen molar-refractivity contribution >= 4 is 11.8 Å². The summed E-state index contributed by atoms with van der Waals surface area (Å²) in [5, 5.41) is 3.47. The molecule has 1 nitrogen and oxygen atoms in total. The minimum absolute atomic E-state index is 0.629. The van der Waals surface area contributed by atoms with Gasteiger partial charge in [-0.1, -0.05) is 39.3 Å². The van der Waals surface area contributed by atoms with Crippen LogP contribution in [0, 0.1) is 0 Å². The third-order valence-electron chi connectivity index (χ3n) is 2.80. The van der Waals surface area contributed by atoms with Gasteiger partial charge in [0.25, 0.3) is 0 Å². The molecule has 0 fully saturated rings. The predicted molar refractivity (Wildman–Crippen MR) is 79.0 cm³/mol. The van der Waals surface area contributed by atoms with Crippen LogP contribution >= 0.6 is 11.8 Å². The SMILES string of the molecule is CCCCNCCSc1ccc(C(C)C)cc1. The highest BCUT2D eigenvalue weighted by atomic mass is 32.2. The molecular weight excluding hydrogens is 226 g/mol. The molecule has 0 amide bonds. The highest BCUT2D eigenvalue weighted by Crippen LogP contribution is 2.21. The molecule has 2 heteroatoms. The molecule has 1 rings (SSSR count). The number of hydrogen-bond acceptors (Lipinski definition) is 2. The fraction of sp³-hybridized carbons (Fsp3) is 0.600. The Bertz CT molecular complexity index is 292. The molecular formula is C15H25NS. The number of nitrogens with one attached hydrogen (secondary N) is 1. The Morgan fingerprint density at radius 2 is 1.82 bits per heavy atom. The molecule has 0 atom stereocenters. The first kappa shape index (κ1) is 14.6. The van der Waals surface area contributed by atoms with Crippen molar-refractivity contribution in [2.75, 3.05) is 18.8 Å². The van der Waals surface area contributed by atoms with Crippen molar-refractivity contribution in [3.8, 4) is 0 Å². The zero-order valence-electron chi connectivity index (χ0n) is 11.3. The van der Waals surface area contributed by atoms with Crippen LogP contribution in [0.25, 0.3) is 0 Å². The van der Waals surface area contributed by atoms with Crippen LogP contribution in [0.15, 0.2) is 29.2 Å². The first-order valence-corrected chi connectivity index (χ1v) is 7.66. The van der Waals surface area contributed by atoms with Gasteiger partial charge in [0.2, 0.25) is 0 Å². The topological polar surface area (TPSA) is 12.0 Å². The van der Waals surface area contributed by atoms with Gasteiger partial charge in [0.05, 0.1) is 0 Å². The van der Waals surface area contributed by atoms with Crippen LogP contribution in [0.4, 0.5) is 0 Å². The van der Waals surface area contributed by atoms with E-state index in [1.54, 1.807) is 0 Å². The van der Waals surface area contributed by atoms with Gasteiger partial charge in [0.1, 0.15) is 0 Å². The largest absolute Gasteiger partial charge is 0.316 e. The molecule has 0 bridgehead atoms. The van der Waals surface area contributed by atoms with Crippen LogP contribution in [0.5, 0.6) is 0 Å². The number of hydrogen-bond donors (Lipinski definition) is 1. The first-order chi connectivity index (χ1) is 8.24. The standard InChI is InChI=1S/C15H25NS/c1-4-5-10-16-11-12-17-15-8-6-14(7-9-15)13(2)3/h6-9,13,16H,4-5,10-12H2,1-3H3. The average Bonchev–Trinajstić information content (AvgIpc) is 2.34. The van der Waals surface area contributed by atoms with E-state index in [9.17, 15) is 0 Å². The molecule has 1 aromatic carbocycles. The molecule has 0 unspecified atom stereocenters. The van der Waals surface area contributed by atoms with Gasteiger partial charge in [0, 0.05) is 17.2 Å². The second-order valence-corrected chi connectivity index (χ2v) is 5.84. The van der Waals surface area contributed by atoms with Gasteiger partial charge in [-0.25, -0.2) is 0 Å². The Morgan fingerprint density at radius 3 is 2.41 bits per heavy atom. The molecule has 0 aliphatic heterocycles. The van der Waals surface area contributed by atoms with E-state index < -0.39 is 0 Å². The van der Waals surface area contributed by atoms with E-state index in [1.807, 2.05) is 11.8 Å². The maximum atomic E-state index is 3.47. The first-order valence-electron chi connectivity index (χ1n) is 6.67. The van der Waals surface area contributed by atoms with Gasteiger partial charge < -0.3 is 5.32 Å². The van der Waals surface area contributed by atoms with Crippen molar-refractivity contribution in [1.29, 1.82) is 0 Å². The molecule has 0 radical (unpaired) electrons. The van der Waals surface area contributed by atoms with Gasteiger partial charge in [-0.3, -0.25) is 0 Å². The van der Waals surface area contributed by atoms with Crippen molar-refractivity contribution in [1.82, 2.24) is 5.32 Å². The fourth-order valence-corrected chi connectivity index (χ4v) is 2.43. The minimum Gasteiger partial charge on any atom is -0.316 e. The number of rotatable bonds is 8. The summed E-state index contributed by atoms with van der Waals surface area (Å²) < 4.78 is 0. The molecule has 0 aliphatic rings. The molecule has 96 valence electrons. The van der Waals surface area contributed by atoms with E-state index in [-0.39, 0.29) is 0 Å². The van der Waals surface area contributed by atoms with E-state index in [2.05, 4.69) is 50.4 Å². The molecule has 0 spiro atoms. The average molecular weight is 251 g/mol. The minimum atomic E-state index is 0.629. The molecule has 0 saturated carbocycles.